The summed E-state index contributed by atoms with van der Waals surface area (Å²) in [6.07, 6.45) is 0. The molecule has 168 valence electrons. The third-order valence-electron chi connectivity index (χ3n) is 4.96. The van der Waals surface area contributed by atoms with Crippen LogP contribution in [0.2, 0.25) is 0 Å². The summed E-state index contributed by atoms with van der Waals surface area (Å²) in [6.45, 7) is 4.01. The van der Waals surface area contributed by atoms with Crippen LogP contribution in [-0.2, 0) is 4.79 Å². The highest BCUT2D eigenvalue weighted by Crippen LogP contribution is 2.31. The first-order valence-electron chi connectivity index (χ1n) is 10.3. The van der Waals surface area contributed by atoms with Gasteiger partial charge < -0.3 is 15.4 Å². The van der Waals surface area contributed by atoms with Crippen molar-refractivity contribution in [3.05, 3.63) is 77.4 Å². The van der Waals surface area contributed by atoms with Gasteiger partial charge in [0.25, 0.3) is 5.91 Å². The molecular formula is C25H23N3O3S2. The van der Waals surface area contributed by atoms with Crippen molar-refractivity contribution >= 4 is 56.5 Å². The van der Waals surface area contributed by atoms with Gasteiger partial charge in [-0.2, -0.15) is 0 Å². The van der Waals surface area contributed by atoms with Crippen LogP contribution < -0.4 is 15.4 Å². The minimum Gasteiger partial charge on any atom is -0.497 e. The third kappa shape index (κ3) is 5.71. The van der Waals surface area contributed by atoms with E-state index in [-0.39, 0.29) is 17.6 Å². The van der Waals surface area contributed by atoms with Crippen molar-refractivity contribution < 1.29 is 14.3 Å². The summed E-state index contributed by atoms with van der Waals surface area (Å²) in [6, 6.07) is 18.5. The molecule has 8 heteroatoms. The lowest BCUT2D eigenvalue weighted by Gasteiger charge is -2.08. The number of nitrogens with one attached hydrogen (secondary N) is 2. The van der Waals surface area contributed by atoms with E-state index in [2.05, 4.69) is 15.6 Å². The number of fused-ring (bicyclic) bond motifs is 1. The van der Waals surface area contributed by atoms with E-state index in [9.17, 15) is 9.59 Å². The number of anilines is 2. The molecule has 0 atom stereocenters. The van der Waals surface area contributed by atoms with E-state index in [1.165, 1.54) is 23.1 Å². The van der Waals surface area contributed by atoms with Crippen LogP contribution in [0.1, 0.15) is 21.5 Å². The number of nitrogens with zero attached hydrogens (tertiary/aromatic N) is 1. The fourth-order valence-corrected chi connectivity index (χ4v) is 5.16. The molecule has 0 aliphatic carbocycles. The molecule has 6 nitrogen and oxygen atoms in total. The number of benzene rings is 3. The van der Waals surface area contributed by atoms with E-state index < -0.39 is 0 Å². The highest BCUT2D eigenvalue weighted by molar-refractivity contribution is 8.01. The van der Waals surface area contributed by atoms with Gasteiger partial charge in [-0.3, -0.25) is 9.59 Å². The predicted octanol–water partition coefficient (Wildman–Crippen LogP) is 5.90. The third-order valence-corrected chi connectivity index (χ3v) is 7.12. The molecule has 0 saturated heterocycles. The van der Waals surface area contributed by atoms with Crippen LogP contribution in [0.5, 0.6) is 5.75 Å². The molecule has 4 aromatic rings. The largest absolute Gasteiger partial charge is 0.497 e. The molecule has 2 amide bonds. The number of hydrogen-bond donors (Lipinski definition) is 2. The van der Waals surface area contributed by atoms with E-state index in [1.807, 2.05) is 50.2 Å². The summed E-state index contributed by atoms with van der Waals surface area (Å²) < 4.78 is 6.88. The van der Waals surface area contributed by atoms with Gasteiger partial charge in [0.15, 0.2) is 4.34 Å². The number of thiazole rings is 1. The Labute approximate surface area is 200 Å². The molecule has 2 N–H and O–H groups in total. The Bertz CT molecular complexity index is 1320. The zero-order chi connectivity index (χ0) is 23.4. The van der Waals surface area contributed by atoms with E-state index >= 15 is 0 Å². The first-order valence-corrected chi connectivity index (χ1v) is 12.1. The number of methoxy groups -OCH3 is 1. The Morgan fingerprint density at radius 1 is 1.00 bits per heavy atom. The number of thioether (sulfide) groups is 1. The number of ether oxygens (including phenoxy) is 1. The SMILES string of the molecule is COc1ccc(C(=O)Nc2ccc3nc(SCC(=O)Nc4ccc(C)cc4C)sc3c2)cc1. The van der Waals surface area contributed by atoms with Gasteiger partial charge in [0.1, 0.15) is 5.75 Å². The molecule has 33 heavy (non-hydrogen) atoms. The second-order valence-electron chi connectivity index (χ2n) is 7.50. The fourth-order valence-electron chi connectivity index (χ4n) is 3.26. The van der Waals surface area contributed by atoms with Crippen molar-refractivity contribution in [3.63, 3.8) is 0 Å². The van der Waals surface area contributed by atoms with Crippen LogP contribution in [0.25, 0.3) is 10.2 Å². The molecule has 1 aromatic heterocycles. The molecule has 4 rings (SSSR count). The number of aromatic nitrogens is 1. The second kappa shape index (κ2) is 10.1. The average Bonchev–Trinajstić information content (AvgIpc) is 3.22. The minimum atomic E-state index is -0.195. The number of hydrogen-bond acceptors (Lipinski definition) is 6. The van der Waals surface area contributed by atoms with Crippen LogP contribution in [-0.4, -0.2) is 29.7 Å². The van der Waals surface area contributed by atoms with Crippen molar-refractivity contribution in [2.24, 2.45) is 0 Å². The number of aryl methyl sites for hydroxylation is 2. The Morgan fingerprint density at radius 3 is 2.52 bits per heavy atom. The standard InChI is InChI=1S/C25H23N3O3S2/c1-15-4-10-20(16(2)12-15)27-23(29)14-32-25-28-21-11-7-18(13-22(21)33-25)26-24(30)17-5-8-19(31-3)9-6-17/h4-13H,14H2,1-3H3,(H,26,30)(H,27,29). The maximum atomic E-state index is 12.5. The predicted molar refractivity (Wildman–Crippen MR) is 136 cm³/mol. The maximum Gasteiger partial charge on any atom is 0.255 e. The van der Waals surface area contributed by atoms with Crippen molar-refractivity contribution in [2.75, 3.05) is 23.5 Å². The van der Waals surface area contributed by atoms with Crippen LogP contribution >= 0.6 is 23.1 Å². The van der Waals surface area contributed by atoms with Gasteiger partial charge in [-0.25, -0.2) is 4.98 Å². The average molecular weight is 478 g/mol. The molecule has 0 spiro atoms. The summed E-state index contributed by atoms with van der Waals surface area (Å²) in [5, 5.41) is 5.87. The number of amides is 2. The first kappa shape index (κ1) is 22.8. The molecule has 0 aliphatic rings. The highest BCUT2D eigenvalue weighted by atomic mass is 32.2. The molecular weight excluding hydrogens is 454 g/mol. The zero-order valence-electron chi connectivity index (χ0n) is 18.5. The Morgan fingerprint density at radius 2 is 1.79 bits per heavy atom. The molecule has 1 heterocycles. The minimum absolute atomic E-state index is 0.0707. The number of carbonyl (C=O) groups excluding carboxylic acids is 2. The lowest BCUT2D eigenvalue weighted by Crippen LogP contribution is -2.14. The van der Waals surface area contributed by atoms with Gasteiger partial charge in [-0.15, -0.1) is 11.3 Å². The summed E-state index contributed by atoms with van der Waals surface area (Å²) in [7, 11) is 1.59. The van der Waals surface area contributed by atoms with E-state index in [0.717, 1.165) is 31.4 Å². The molecule has 3 aromatic carbocycles. The topological polar surface area (TPSA) is 80.3 Å². The Kier molecular flexibility index (Phi) is 6.96. The van der Waals surface area contributed by atoms with Gasteiger partial charge in [-0.05, 0) is 67.9 Å². The highest BCUT2D eigenvalue weighted by Gasteiger charge is 2.11. The lowest BCUT2D eigenvalue weighted by molar-refractivity contribution is -0.113. The van der Waals surface area contributed by atoms with E-state index in [4.69, 9.17) is 4.74 Å². The van der Waals surface area contributed by atoms with Crippen LogP contribution in [0.3, 0.4) is 0 Å². The van der Waals surface area contributed by atoms with E-state index in [1.54, 1.807) is 31.4 Å². The molecule has 0 radical (unpaired) electrons. The monoisotopic (exact) mass is 477 g/mol. The van der Waals surface area contributed by atoms with Crippen LogP contribution in [0.4, 0.5) is 11.4 Å². The van der Waals surface area contributed by atoms with Crippen molar-refractivity contribution in [2.45, 2.75) is 18.2 Å². The fraction of sp³-hybridized carbons (Fsp3) is 0.160. The molecule has 0 saturated carbocycles. The normalized spacial score (nSPS) is 10.8. The maximum absolute atomic E-state index is 12.5. The molecule has 0 bridgehead atoms. The van der Waals surface area contributed by atoms with Gasteiger partial charge >= 0.3 is 0 Å². The van der Waals surface area contributed by atoms with Crippen molar-refractivity contribution in [1.29, 1.82) is 0 Å². The van der Waals surface area contributed by atoms with Gasteiger partial charge in [0.05, 0.1) is 23.1 Å². The van der Waals surface area contributed by atoms with Crippen molar-refractivity contribution in [3.8, 4) is 5.75 Å². The quantitative estimate of drug-likeness (QED) is 0.324. The van der Waals surface area contributed by atoms with Crippen LogP contribution in [0, 0.1) is 13.8 Å². The summed E-state index contributed by atoms with van der Waals surface area (Å²) in [5.74, 6) is 0.706. The summed E-state index contributed by atoms with van der Waals surface area (Å²) in [5.41, 5.74) is 5.10. The smallest absolute Gasteiger partial charge is 0.255 e. The lowest BCUT2D eigenvalue weighted by atomic mass is 10.1. The molecule has 0 unspecified atom stereocenters. The summed E-state index contributed by atoms with van der Waals surface area (Å²) >= 11 is 2.90. The molecule has 0 fully saturated rings. The number of carbonyl (C=O) groups is 2. The Hall–Kier alpha value is -3.36. The van der Waals surface area contributed by atoms with Gasteiger partial charge in [-0.1, -0.05) is 29.5 Å². The van der Waals surface area contributed by atoms with Crippen molar-refractivity contribution in [1.82, 2.24) is 4.98 Å². The first-order chi connectivity index (χ1) is 15.9. The number of rotatable bonds is 7. The van der Waals surface area contributed by atoms with E-state index in [0.29, 0.717) is 17.0 Å². The molecule has 0 aliphatic heterocycles. The Balaban J connectivity index is 1.38. The second-order valence-corrected chi connectivity index (χ2v) is 9.75. The summed E-state index contributed by atoms with van der Waals surface area (Å²) in [4.78, 5) is 29.5. The zero-order valence-corrected chi connectivity index (χ0v) is 20.1. The van der Waals surface area contributed by atoms with Gasteiger partial charge in [0, 0.05) is 16.9 Å². The van der Waals surface area contributed by atoms with Gasteiger partial charge in [0.2, 0.25) is 5.91 Å². The van der Waals surface area contributed by atoms with Crippen LogP contribution in [0.15, 0.2) is 65.0 Å².